The number of hydrogen-bond acceptors (Lipinski definition) is 6. The average molecular weight is 536 g/mol. The molecule has 1 aromatic rings. The van der Waals surface area contributed by atoms with Crippen molar-refractivity contribution in [2.75, 3.05) is 65.6 Å². The number of morpholine rings is 1. The Labute approximate surface area is 195 Å². The van der Waals surface area contributed by atoms with E-state index in [1.54, 1.807) is 14.2 Å². The maximum atomic E-state index is 5.55. The van der Waals surface area contributed by atoms with Gasteiger partial charge in [0.15, 0.2) is 5.96 Å². The third-order valence-corrected chi connectivity index (χ3v) is 6.75. The Bertz CT molecular complexity index is 665. The van der Waals surface area contributed by atoms with Gasteiger partial charge < -0.3 is 24.8 Å². The summed E-state index contributed by atoms with van der Waals surface area (Å²) in [5.41, 5.74) is 1.25. The highest BCUT2D eigenvalue weighted by atomic mass is 127. The van der Waals surface area contributed by atoms with Crippen molar-refractivity contribution in [3.8, 4) is 11.5 Å². The summed E-state index contributed by atoms with van der Waals surface area (Å²) in [7, 11) is 5.14. The molecule has 0 amide bonds. The van der Waals surface area contributed by atoms with Crippen LogP contribution in [0, 0.1) is 0 Å². The number of nitrogens with zero attached hydrogens (tertiary/aromatic N) is 2. The van der Waals surface area contributed by atoms with Crippen molar-refractivity contribution in [2.45, 2.75) is 18.5 Å². The molecule has 2 saturated heterocycles. The molecule has 2 N–H and O–H groups in total. The van der Waals surface area contributed by atoms with Gasteiger partial charge in [-0.2, -0.15) is 11.8 Å². The Morgan fingerprint density at radius 2 is 2.03 bits per heavy atom. The van der Waals surface area contributed by atoms with Gasteiger partial charge in [-0.25, -0.2) is 0 Å². The molecule has 0 aliphatic carbocycles. The SMILES string of the molecule is CN=C(NCc1ccc(OC)cc1OC)NCC1(N2CCOCC2)CCSC1.I. The quantitative estimate of drug-likeness (QED) is 0.315. The fourth-order valence-corrected chi connectivity index (χ4v) is 5.26. The van der Waals surface area contributed by atoms with E-state index < -0.39 is 0 Å². The molecule has 3 rings (SSSR count). The van der Waals surface area contributed by atoms with Crippen LogP contribution in [-0.4, -0.2) is 82.0 Å². The molecular weight excluding hydrogens is 503 g/mol. The minimum absolute atomic E-state index is 0. The zero-order chi connectivity index (χ0) is 19.8. The molecule has 2 aliphatic heterocycles. The Balaban J connectivity index is 0.00000300. The summed E-state index contributed by atoms with van der Waals surface area (Å²) in [6.45, 7) is 5.20. The van der Waals surface area contributed by atoms with Gasteiger partial charge in [-0.15, -0.1) is 24.0 Å². The molecule has 2 aliphatic rings. The van der Waals surface area contributed by atoms with Crippen LogP contribution in [0.2, 0.25) is 0 Å². The molecule has 1 unspecified atom stereocenters. The molecule has 1 aromatic carbocycles. The molecule has 9 heteroatoms. The van der Waals surface area contributed by atoms with Crippen LogP contribution in [-0.2, 0) is 11.3 Å². The van der Waals surface area contributed by atoms with Crippen LogP contribution < -0.4 is 20.1 Å². The molecule has 0 spiro atoms. The van der Waals surface area contributed by atoms with E-state index in [4.69, 9.17) is 14.2 Å². The standard InChI is InChI=1S/C20H32N4O3S.HI/c1-21-19(22-13-16-4-5-17(25-2)12-18(16)26-3)23-14-20(6-11-28-15-20)24-7-9-27-10-8-24;/h4-5,12H,6-11,13-15H2,1-3H3,(H2,21,22,23);1H. The Morgan fingerprint density at radius 1 is 1.24 bits per heavy atom. The van der Waals surface area contributed by atoms with Crippen molar-refractivity contribution < 1.29 is 14.2 Å². The lowest BCUT2D eigenvalue weighted by molar-refractivity contribution is -0.0120. The highest BCUT2D eigenvalue weighted by Gasteiger charge is 2.40. The molecule has 29 heavy (non-hydrogen) atoms. The molecular formula is C20H33IN4O3S. The molecule has 0 bridgehead atoms. The Hall–Kier alpha value is -0.910. The van der Waals surface area contributed by atoms with Crippen molar-refractivity contribution in [3.63, 3.8) is 0 Å². The predicted molar refractivity (Wildman–Crippen MR) is 130 cm³/mol. The third-order valence-electron chi connectivity index (χ3n) is 5.51. The first-order valence-corrected chi connectivity index (χ1v) is 10.9. The first-order valence-electron chi connectivity index (χ1n) is 9.77. The average Bonchev–Trinajstić information content (AvgIpc) is 3.24. The highest BCUT2D eigenvalue weighted by molar-refractivity contribution is 14.0. The summed E-state index contributed by atoms with van der Waals surface area (Å²) in [6.07, 6.45) is 1.20. The number of thioether (sulfide) groups is 1. The number of methoxy groups -OCH3 is 2. The maximum absolute atomic E-state index is 5.55. The first kappa shape index (κ1) is 24.4. The number of hydrogen-bond donors (Lipinski definition) is 2. The van der Waals surface area contributed by atoms with Crippen LogP contribution in [0.25, 0.3) is 0 Å². The third kappa shape index (κ3) is 6.28. The summed E-state index contributed by atoms with van der Waals surface area (Å²) in [5.74, 6) is 4.77. The van der Waals surface area contributed by atoms with E-state index >= 15 is 0 Å². The lowest BCUT2D eigenvalue weighted by atomic mass is 9.95. The van der Waals surface area contributed by atoms with E-state index in [1.807, 2.05) is 37.0 Å². The fraction of sp³-hybridized carbons (Fsp3) is 0.650. The second-order valence-electron chi connectivity index (χ2n) is 7.08. The van der Waals surface area contributed by atoms with Crippen LogP contribution in [0.1, 0.15) is 12.0 Å². The summed E-state index contributed by atoms with van der Waals surface area (Å²) in [4.78, 5) is 7.01. The highest BCUT2D eigenvalue weighted by Crippen LogP contribution is 2.33. The van der Waals surface area contributed by atoms with E-state index in [0.29, 0.717) is 6.54 Å². The molecule has 164 valence electrons. The van der Waals surface area contributed by atoms with Crippen molar-refractivity contribution in [1.29, 1.82) is 0 Å². The summed E-state index contributed by atoms with van der Waals surface area (Å²) in [5, 5.41) is 6.97. The molecule has 0 radical (unpaired) electrons. The topological polar surface area (TPSA) is 67.4 Å². The van der Waals surface area contributed by atoms with Crippen molar-refractivity contribution in [1.82, 2.24) is 15.5 Å². The smallest absolute Gasteiger partial charge is 0.191 e. The van der Waals surface area contributed by atoms with Crippen molar-refractivity contribution in [2.24, 2.45) is 4.99 Å². The van der Waals surface area contributed by atoms with Gasteiger partial charge in [0, 0.05) is 56.1 Å². The number of aliphatic imine (C=N–C) groups is 1. The van der Waals surface area contributed by atoms with Crippen molar-refractivity contribution in [3.05, 3.63) is 23.8 Å². The van der Waals surface area contributed by atoms with Gasteiger partial charge in [0.1, 0.15) is 11.5 Å². The van der Waals surface area contributed by atoms with Crippen LogP contribution >= 0.6 is 35.7 Å². The normalized spacial score (nSPS) is 22.7. The lowest BCUT2D eigenvalue weighted by Crippen LogP contribution is -2.60. The molecule has 2 fully saturated rings. The largest absolute Gasteiger partial charge is 0.497 e. The van der Waals surface area contributed by atoms with Crippen LogP contribution in [0.5, 0.6) is 11.5 Å². The summed E-state index contributed by atoms with van der Waals surface area (Å²) < 4.78 is 16.3. The zero-order valence-corrected chi connectivity index (χ0v) is 20.7. The van der Waals surface area contributed by atoms with Crippen molar-refractivity contribution >= 4 is 41.7 Å². The van der Waals surface area contributed by atoms with Crippen LogP contribution in [0.3, 0.4) is 0 Å². The number of guanidine groups is 1. The second-order valence-corrected chi connectivity index (χ2v) is 8.19. The number of nitrogens with one attached hydrogen (secondary N) is 2. The molecule has 2 heterocycles. The number of ether oxygens (including phenoxy) is 3. The number of rotatable bonds is 7. The predicted octanol–water partition coefficient (Wildman–Crippen LogP) is 2.19. The lowest BCUT2D eigenvalue weighted by Gasteiger charge is -2.43. The molecule has 7 nitrogen and oxygen atoms in total. The van der Waals surface area contributed by atoms with E-state index in [9.17, 15) is 0 Å². The van der Waals surface area contributed by atoms with Gasteiger partial charge in [0.2, 0.25) is 0 Å². The number of halogens is 1. The summed E-state index contributed by atoms with van der Waals surface area (Å²) >= 11 is 2.04. The minimum Gasteiger partial charge on any atom is -0.497 e. The van der Waals surface area contributed by atoms with E-state index in [-0.39, 0.29) is 29.5 Å². The summed E-state index contributed by atoms with van der Waals surface area (Å²) in [6, 6.07) is 5.86. The first-order chi connectivity index (χ1) is 13.7. The van der Waals surface area contributed by atoms with Gasteiger partial charge in [-0.1, -0.05) is 0 Å². The zero-order valence-electron chi connectivity index (χ0n) is 17.5. The van der Waals surface area contributed by atoms with Gasteiger partial charge in [-0.05, 0) is 24.3 Å². The van der Waals surface area contributed by atoms with E-state index in [1.165, 1.54) is 12.2 Å². The van der Waals surface area contributed by atoms with E-state index in [0.717, 1.165) is 61.6 Å². The van der Waals surface area contributed by atoms with Gasteiger partial charge in [0.25, 0.3) is 0 Å². The Kier molecular flexibility index (Phi) is 10.1. The second kappa shape index (κ2) is 12.1. The maximum Gasteiger partial charge on any atom is 0.191 e. The van der Waals surface area contributed by atoms with E-state index in [2.05, 4.69) is 20.5 Å². The molecule has 0 aromatic heterocycles. The monoisotopic (exact) mass is 536 g/mol. The molecule has 1 atom stereocenters. The van der Waals surface area contributed by atoms with Gasteiger partial charge in [0.05, 0.1) is 27.4 Å². The van der Waals surface area contributed by atoms with Gasteiger partial charge >= 0.3 is 0 Å². The number of benzene rings is 1. The fourth-order valence-electron chi connectivity index (χ4n) is 3.78. The van der Waals surface area contributed by atoms with Crippen LogP contribution in [0.15, 0.2) is 23.2 Å². The minimum atomic E-state index is 0. The Morgan fingerprint density at radius 3 is 2.66 bits per heavy atom. The molecule has 0 saturated carbocycles. The van der Waals surface area contributed by atoms with Crippen LogP contribution in [0.4, 0.5) is 0 Å². The van der Waals surface area contributed by atoms with Gasteiger partial charge in [-0.3, -0.25) is 9.89 Å².